The molecule has 3 nitrogen and oxygen atoms in total. The van der Waals surface area contributed by atoms with Crippen LogP contribution in [0.3, 0.4) is 0 Å². The van der Waals surface area contributed by atoms with Crippen LogP contribution in [0, 0.1) is 17.5 Å². The Bertz CT molecular complexity index is 668. The molecule has 0 aliphatic rings. The zero-order valence-corrected chi connectivity index (χ0v) is 11.5. The maximum absolute atomic E-state index is 13.4. The molecule has 0 atom stereocenters. The zero-order chi connectivity index (χ0) is 14.9. The van der Waals surface area contributed by atoms with E-state index >= 15 is 0 Å². The van der Waals surface area contributed by atoms with Gasteiger partial charge in [-0.15, -0.1) is 0 Å². The second-order valence-corrected chi connectivity index (χ2v) is 4.79. The molecule has 0 heterocycles. The van der Waals surface area contributed by atoms with E-state index in [1.165, 1.54) is 12.1 Å². The topological polar surface area (TPSA) is 55.1 Å². The Balaban J connectivity index is 2.31. The lowest BCUT2D eigenvalue weighted by atomic mass is 10.1. The van der Waals surface area contributed by atoms with Gasteiger partial charge in [-0.3, -0.25) is 4.79 Å². The molecule has 2 aromatic carbocycles. The molecule has 0 saturated carbocycles. The van der Waals surface area contributed by atoms with Gasteiger partial charge in [-0.25, -0.2) is 13.2 Å². The Hall–Kier alpha value is -2.02. The van der Waals surface area contributed by atoms with Gasteiger partial charge in [0, 0.05) is 28.0 Å². The fraction of sp³-hybridized carbons (Fsp3) is 0. The van der Waals surface area contributed by atoms with Crippen molar-refractivity contribution in [2.45, 2.75) is 0 Å². The van der Waals surface area contributed by atoms with E-state index in [2.05, 4.69) is 21.2 Å². The van der Waals surface area contributed by atoms with Crippen molar-refractivity contribution in [2.75, 3.05) is 11.1 Å². The molecule has 0 radical (unpaired) electrons. The average molecular weight is 345 g/mol. The van der Waals surface area contributed by atoms with Gasteiger partial charge in [0.05, 0.1) is 0 Å². The molecule has 2 aromatic rings. The van der Waals surface area contributed by atoms with Crippen molar-refractivity contribution in [2.24, 2.45) is 0 Å². The van der Waals surface area contributed by atoms with Crippen molar-refractivity contribution in [1.82, 2.24) is 0 Å². The first-order valence-electron chi connectivity index (χ1n) is 5.39. The fourth-order valence-corrected chi connectivity index (χ4v) is 1.82. The number of rotatable bonds is 2. The summed E-state index contributed by atoms with van der Waals surface area (Å²) in [5, 5.41) is 2.29. The first-order valence-corrected chi connectivity index (χ1v) is 6.18. The molecule has 0 fully saturated rings. The van der Waals surface area contributed by atoms with Gasteiger partial charge in [0.15, 0.2) is 0 Å². The molecule has 0 bridgehead atoms. The fourth-order valence-electron chi connectivity index (χ4n) is 1.57. The molecule has 0 saturated heterocycles. The number of carbonyl (C=O) groups excluding carboxylic acids is 1. The van der Waals surface area contributed by atoms with Crippen LogP contribution in [0.25, 0.3) is 0 Å². The monoisotopic (exact) mass is 344 g/mol. The molecule has 7 heteroatoms. The molecule has 2 rings (SSSR count). The number of nitrogen functional groups attached to an aromatic ring is 1. The molecule has 20 heavy (non-hydrogen) atoms. The Morgan fingerprint density at radius 2 is 1.70 bits per heavy atom. The Morgan fingerprint density at radius 3 is 2.25 bits per heavy atom. The highest BCUT2D eigenvalue weighted by Crippen LogP contribution is 2.24. The number of hydrogen-bond acceptors (Lipinski definition) is 2. The molecular formula is C13H8BrF3N2O. The van der Waals surface area contributed by atoms with Gasteiger partial charge in [-0.1, -0.05) is 0 Å². The van der Waals surface area contributed by atoms with Crippen LogP contribution in [0.5, 0.6) is 0 Å². The third kappa shape index (κ3) is 2.93. The van der Waals surface area contributed by atoms with Crippen LogP contribution >= 0.6 is 15.9 Å². The SMILES string of the molecule is Nc1cc(NC(=O)c2c(F)cc(F)cc2F)ccc1Br. The van der Waals surface area contributed by atoms with Crippen LogP contribution in [0.4, 0.5) is 24.5 Å². The van der Waals surface area contributed by atoms with Gasteiger partial charge in [-0.2, -0.15) is 0 Å². The Morgan fingerprint density at radius 1 is 1.10 bits per heavy atom. The average Bonchev–Trinajstić information content (AvgIpc) is 2.32. The van der Waals surface area contributed by atoms with Crippen molar-refractivity contribution < 1.29 is 18.0 Å². The maximum atomic E-state index is 13.4. The quantitative estimate of drug-likeness (QED) is 0.816. The second kappa shape index (κ2) is 5.54. The van der Waals surface area contributed by atoms with Crippen molar-refractivity contribution in [3.05, 3.63) is 57.8 Å². The molecule has 0 aliphatic carbocycles. The summed E-state index contributed by atoms with van der Waals surface area (Å²) in [6.07, 6.45) is 0. The standard InChI is InChI=1S/C13H8BrF3N2O/c14-8-2-1-7(5-11(8)18)19-13(20)12-9(16)3-6(15)4-10(12)17/h1-5H,18H2,(H,19,20). The predicted molar refractivity (Wildman–Crippen MR) is 72.8 cm³/mol. The second-order valence-electron chi connectivity index (χ2n) is 3.93. The lowest BCUT2D eigenvalue weighted by molar-refractivity contribution is 0.101. The highest BCUT2D eigenvalue weighted by molar-refractivity contribution is 9.10. The van der Waals surface area contributed by atoms with Crippen molar-refractivity contribution in [3.63, 3.8) is 0 Å². The minimum Gasteiger partial charge on any atom is -0.398 e. The highest BCUT2D eigenvalue weighted by Gasteiger charge is 2.19. The van der Waals surface area contributed by atoms with Gasteiger partial charge in [0.2, 0.25) is 0 Å². The summed E-state index contributed by atoms with van der Waals surface area (Å²) in [7, 11) is 0. The van der Waals surface area contributed by atoms with Gasteiger partial charge in [0.1, 0.15) is 23.0 Å². The summed E-state index contributed by atoms with van der Waals surface area (Å²) in [4.78, 5) is 11.8. The Kier molecular flexibility index (Phi) is 3.99. The smallest absolute Gasteiger partial charge is 0.261 e. The summed E-state index contributed by atoms with van der Waals surface area (Å²) in [5.41, 5.74) is 5.38. The number of carbonyl (C=O) groups is 1. The minimum atomic E-state index is -1.27. The number of amides is 1. The number of benzene rings is 2. The van der Waals surface area contributed by atoms with Gasteiger partial charge >= 0.3 is 0 Å². The number of nitrogens with two attached hydrogens (primary N) is 1. The highest BCUT2D eigenvalue weighted by atomic mass is 79.9. The van der Waals surface area contributed by atoms with E-state index in [0.717, 1.165) is 0 Å². The normalized spacial score (nSPS) is 10.4. The van der Waals surface area contributed by atoms with Crippen molar-refractivity contribution in [1.29, 1.82) is 0 Å². The van der Waals surface area contributed by atoms with Gasteiger partial charge < -0.3 is 11.1 Å². The molecule has 1 amide bonds. The number of anilines is 2. The van der Waals surface area contributed by atoms with Crippen LogP contribution in [-0.4, -0.2) is 5.91 Å². The summed E-state index contributed by atoms with van der Waals surface area (Å²) in [6.45, 7) is 0. The van der Waals surface area contributed by atoms with Crippen LogP contribution in [0.15, 0.2) is 34.8 Å². The molecule has 0 aliphatic heterocycles. The number of hydrogen-bond donors (Lipinski definition) is 2. The van der Waals surface area contributed by atoms with Crippen LogP contribution < -0.4 is 11.1 Å². The molecule has 0 unspecified atom stereocenters. The lowest BCUT2D eigenvalue weighted by Crippen LogP contribution is -2.16. The van der Waals surface area contributed by atoms with E-state index in [1.807, 2.05) is 0 Å². The largest absolute Gasteiger partial charge is 0.398 e. The molecule has 0 spiro atoms. The predicted octanol–water partition coefficient (Wildman–Crippen LogP) is 3.70. The van der Waals surface area contributed by atoms with Crippen molar-refractivity contribution >= 4 is 33.2 Å². The molecule has 3 N–H and O–H groups in total. The summed E-state index contributed by atoms with van der Waals surface area (Å²) in [6, 6.07) is 5.36. The number of nitrogens with one attached hydrogen (secondary N) is 1. The van der Waals surface area contributed by atoms with Gasteiger partial charge in [-0.05, 0) is 34.1 Å². The van der Waals surface area contributed by atoms with Crippen molar-refractivity contribution in [3.8, 4) is 0 Å². The summed E-state index contributed by atoms with van der Waals surface area (Å²) >= 11 is 3.17. The van der Waals surface area contributed by atoms with E-state index in [0.29, 0.717) is 22.3 Å². The first kappa shape index (κ1) is 14.4. The molecular weight excluding hydrogens is 337 g/mol. The third-order valence-electron chi connectivity index (χ3n) is 2.49. The Labute approximate surface area is 120 Å². The van der Waals surface area contributed by atoms with Crippen LogP contribution in [0.1, 0.15) is 10.4 Å². The molecule has 0 aromatic heterocycles. The van der Waals surface area contributed by atoms with E-state index in [9.17, 15) is 18.0 Å². The van der Waals surface area contributed by atoms with E-state index in [4.69, 9.17) is 5.73 Å². The summed E-state index contributed by atoms with van der Waals surface area (Å²) in [5.74, 6) is -4.67. The summed E-state index contributed by atoms with van der Waals surface area (Å²) < 4.78 is 40.3. The lowest BCUT2D eigenvalue weighted by Gasteiger charge is -2.08. The van der Waals surface area contributed by atoms with Gasteiger partial charge in [0.25, 0.3) is 5.91 Å². The van der Waals surface area contributed by atoms with E-state index in [-0.39, 0.29) is 5.69 Å². The number of halogens is 4. The van der Waals surface area contributed by atoms with E-state index in [1.54, 1.807) is 6.07 Å². The maximum Gasteiger partial charge on any atom is 0.261 e. The zero-order valence-electron chi connectivity index (χ0n) is 9.88. The minimum absolute atomic E-state index is 0.263. The van der Waals surface area contributed by atoms with Crippen LogP contribution in [0.2, 0.25) is 0 Å². The first-order chi connectivity index (χ1) is 9.38. The molecule has 104 valence electrons. The van der Waals surface area contributed by atoms with Crippen LogP contribution in [-0.2, 0) is 0 Å². The van der Waals surface area contributed by atoms with E-state index < -0.39 is 28.9 Å². The third-order valence-corrected chi connectivity index (χ3v) is 3.21.